The third-order valence-corrected chi connectivity index (χ3v) is 2.87. The summed E-state index contributed by atoms with van der Waals surface area (Å²) in [5.41, 5.74) is -0.572. The molecule has 0 aliphatic carbocycles. The fourth-order valence-electron chi connectivity index (χ4n) is 1.61. The quantitative estimate of drug-likeness (QED) is 0.846. The van der Waals surface area contributed by atoms with Crippen LogP contribution in [-0.2, 0) is 10.4 Å². The standard InChI is InChI=1S/C13H19ClN2O2/c1-13(18,9-15-12(17)8-16(2)3)10-6-4-5-7-11(10)14/h4-7,18H,8-9H2,1-3H3,(H,15,17)/t13-/m0/s1. The van der Waals surface area contributed by atoms with E-state index in [2.05, 4.69) is 5.32 Å². The lowest BCUT2D eigenvalue weighted by Gasteiger charge is -2.25. The lowest BCUT2D eigenvalue weighted by atomic mass is 9.96. The predicted molar refractivity (Wildman–Crippen MR) is 72.6 cm³/mol. The van der Waals surface area contributed by atoms with E-state index in [-0.39, 0.29) is 12.5 Å². The molecule has 0 aliphatic rings. The van der Waals surface area contributed by atoms with Gasteiger partial charge in [0.25, 0.3) is 0 Å². The molecule has 0 saturated heterocycles. The summed E-state index contributed by atoms with van der Waals surface area (Å²) in [5, 5.41) is 13.5. The van der Waals surface area contributed by atoms with E-state index in [9.17, 15) is 9.90 Å². The van der Waals surface area contributed by atoms with Gasteiger partial charge in [-0.05, 0) is 27.1 Å². The fourth-order valence-corrected chi connectivity index (χ4v) is 1.95. The van der Waals surface area contributed by atoms with E-state index in [0.717, 1.165) is 0 Å². The van der Waals surface area contributed by atoms with Gasteiger partial charge in [-0.25, -0.2) is 0 Å². The van der Waals surface area contributed by atoms with Crippen LogP contribution in [0.3, 0.4) is 0 Å². The van der Waals surface area contributed by atoms with Crippen LogP contribution in [0.2, 0.25) is 5.02 Å². The first-order valence-electron chi connectivity index (χ1n) is 5.72. The summed E-state index contributed by atoms with van der Waals surface area (Å²) in [6, 6.07) is 7.07. The largest absolute Gasteiger partial charge is 0.384 e. The van der Waals surface area contributed by atoms with Gasteiger partial charge in [0.05, 0.1) is 13.1 Å². The maximum absolute atomic E-state index is 11.5. The van der Waals surface area contributed by atoms with Crippen LogP contribution in [0.1, 0.15) is 12.5 Å². The van der Waals surface area contributed by atoms with Gasteiger partial charge >= 0.3 is 0 Å². The zero-order valence-corrected chi connectivity index (χ0v) is 11.7. The lowest BCUT2D eigenvalue weighted by molar-refractivity contribution is -0.122. The van der Waals surface area contributed by atoms with Crippen molar-refractivity contribution in [2.45, 2.75) is 12.5 Å². The molecule has 18 heavy (non-hydrogen) atoms. The number of hydrogen-bond donors (Lipinski definition) is 2. The molecule has 1 rings (SSSR count). The molecule has 0 radical (unpaired) electrons. The van der Waals surface area contributed by atoms with E-state index in [4.69, 9.17) is 11.6 Å². The molecule has 2 N–H and O–H groups in total. The lowest BCUT2D eigenvalue weighted by Crippen LogP contribution is -2.42. The van der Waals surface area contributed by atoms with Crippen LogP contribution in [0.5, 0.6) is 0 Å². The van der Waals surface area contributed by atoms with Gasteiger partial charge in [0, 0.05) is 10.6 Å². The van der Waals surface area contributed by atoms with Gasteiger partial charge in [-0.1, -0.05) is 29.8 Å². The molecule has 0 unspecified atom stereocenters. The van der Waals surface area contributed by atoms with Gasteiger partial charge in [0.15, 0.2) is 0 Å². The second-order valence-electron chi connectivity index (χ2n) is 4.77. The van der Waals surface area contributed by atoms with Crippen molar-refractivity contribution in [3.8, 4) is 0 Å². The summed E-state index contributed by atoms with van der Waals surface area (Å²) in [7, 11) is 3.62. The molecule has 0 aliphatic heterocycles. The summed E-state index contributed by atoms with van der Waals surface area (Å²) in [6.45, 7) is 2.05. The summed E-state index contributed by atoms with van der Waals surface area (Å²) in [6.07, 6.45) is 0. The normalized spacial score (nSPS) is 14.3. The minimum Gasteiger partial charge on any atom is -0.384 e. The predicted octanol–water partition coefficient (Wildman–Crippen LogP) is 1.23. The van der Waals surface area contributed by atoms with Crippen LogP contribution in [0.15, 0.2) is 24.3 Å². The Hall–Kier alpha value is -1.10. The van der Waals surface area contributed by atoms with Crippen LogP contribution in [-0.4, -0.2) is 43.1 Å². The summed E-state index contributed by atoms with van der Waals surface area (Å²) >= 11 is 6.03. The van der Waals surface area contributed by atoms with Gasteiger partial charge in [-0.3, -0.25) is 4.79 Å². The summed E-state index contributed by atoms with van der Waals surface area (Å²) in [5.74, 6) is -0.132. The van der Waals surface area contributed by atoms with Gasteiger partial charge in [0.1, 0.15) is 5.60 Å². The number of benzene rings is 1. The highest BCUT2D eigenvalue weighted by Crippen LogP contribution is 2.26. The highest BCUT2D eigenvalue weighted by atomic mass is 35.5. The van der Waals surface area contributed by atoms with Gasteiger partial charge in [-0.2, -0.15) is 0 Å². The van der Waals surface area contributed by atoms with Crippen molar-refractivity contribution in [3.63, 3.8) is 0 Å². The number of aliphatic hydroxyl groups is 1. The minimum absolute atomic E-state index is 0.128. The Kier molecular flexibility index (Phi) is 5.14. The molecule has 0 heterocycles. The molecule has 0 aromatic heterocycles. The van der Waals surface area contributed by atoms with E-state index in [0.29, 0.717) is 17.1 Å². The van der Waals surface area contributed by atoms with E-state index in [1.807, 2.05) is 14.1 Å². The van der Waals surface area contributed by atoms with E-state index in [1.54, 1.807) is 36.1 Å². The topological polar surface area (TPSA) is 52.6 Å². The first-order chi connectivity index (χ1) is 8.33. The van der Waals surface area contributed by atoms with Gasteiger partial charge in [0.2, 0.25) is 5.91 Å². The molecule has 100 valence electrons. The number of carbonyl (C=O) groups excluding carboxylic acids is 1. The smallest absolute Gasteiger partial charge is 0.234 e. The van der Waals surface area contributed by atoms with Crippen LogP contribution in [0, 0.1) is 0 Å². The average molecular weight is 271 g/mol. The number of nitrogens with one attached hydrogen (secondary N) is 1. The van der Waals surface area contributed by atoms with Crippen molar-refractivity contribution in [1.29, 1.82) is 0 Å². The number of amides is 1. The average Bonchev–Trinajstić information content (AvgIpc) is 2.26. The highest BCUT2D eigenvalue weighted by Gasteiger charge is 2.25. The SMILES string of the molecule is CN(C)CC(=O)NC[C@](C)(O)c1ccccc1Cl. The van der Waals surface area contributed by atoms with Crippen LogP contribution >= 0.6 is 11.6 Å². The van der Waals surface area contributed by atoms with Crippen molar-refractivity contribution in [3.05, 3.63) is 34.9 Å². The molecule has 0 bridgehead atoms. The second-order valence-corrected chi connectivity index (χ2v) is 5.18. The number of rotatable bonds is 5. The maximum Gasteiger partial charge on any atom is 0.234 e. The molecule has 4 nitrogen and oxygen atoms in total. The Balaban J connectivity index is 2.65. The molecule has 0 spiro atoms. The number of hydrogen-bond acceptors (Lipinski definition) is 3. The Bertz CT molecular complexity index is 419. The Morgan fingerprint density at radius 1 is 1.44 bits per heavy atom. The van der Waals surface area contributed by atoms with Crippen molar-refractivity contribution in [2.24, 2.45) is 0 Å². The first kappa shape index (κ1) is 15.0. The van der Waals surface area contributed by atoms with Gasteiger partial charge in [-0.15, -0.1) is 0 Å². The maximum atomic E-state index is 11.5. The molecule has 1 atom stereocenters. The zero-order valence-electron chi connectivity index (χ0n) is 10.9. The molecule has 5 heteroatoms. The van der Waals surface area contributed by atoms with Crippen LogP contribution < -0.4 is 5.32 Å². The zero-order chi connectivity index (χ0) is 13.8. The van der Waals surface area contributed by atoms with Crippen molar-refractivity contribution >= 4 is 17.5 Å². The van der Waals surface area contributed by atoms with E-state index >= 15 is 0 Å². The monoisotopic (exact) mass is 270 g/mol. The first-order valence-corrected chi connectivity index (χ1v) is 6.09. The second kappa shape index (κ2) is 6.18. The molecular weight excluding hydrogens is 252 g/mol. The van der Waals surface area contributed by atoms with Crippen LogP contribution in [0.25, 0.3) is 0 Å². The molecule has 0 fully saturated rings. The Morgan fingerprint density at radius 2 is 2.06 bits per heavy atom. The van der Waals surface area contributed by atoms with Crippen molar-refractivity contribution in [2.75, 3.05) is 27.2 Å². The number of nitrogens with zero attached hydrogens (tertiary/aromatic N) is 1. The fraction of sp³-hybridized carbons (Fsp3) is 0.462. The van der Waals surface area contributed by atoms with Gasteiger partial charge < -0.3 is 15.3 Å². The van der Waals surface area contributed by atoms with Crippen molar-refractivity contribution < 1.29 is 9.90 Å². The number of halogens is 1. The number of carbonyl (C=O) groups is 1. The molecular formula is C13H19ClN2O2. The molecule has 1 aromatic rings. The molecule has 1 amide bonds. The summed E-state index contributed by atoms with van der Waals surface area (Å²) in [4.78, 5) is 13.3. The molecule has 0 saturated carbocycles. The van der Waals surface area contributed by atoms with Crippen LogP contribution in [0.4, 0.5) is 0 Å². The Morgan fingerprint density at radius 3 is 2.61 bits per heavy atom. The third kappa shape index (κ3) is 4.29. The summed E-state index contributed by atoms with van der Waals surface area (Å²) < 4.78 is 0. The minimum atomic E-state index is -1.18. The number of likely N-dealkylation sites (N-methyl/N-ethyl adjacent to an activating group) is 1. The molecule has 1 aromatic carbocycles. The third-order valence-electron chi connectivity index (χ3n) is 2.54. The van der Waals surface area contributed by atoms with E-state index in [1.165, 1.54) is 0 Å². The highest BCUT2D eigenvalue weighted by molar-refractivity contribution is 6.31. The van der Waals surface area contributed by atoms with Crippen molar-refractivity contribution in [1.82, 2.24) is 10.2 Å². The Labute approximate surface area is 113 Å². The van der Waals surface area contributed by atoms with E-state index < -0.39 is 5.60 Å².